The van der Waals surface area contributed by atoms with Crippen molar-refractivity contribution in [1.82, 2.24) is 9.78 Å². The van der Waals surface area contributed by atoms with Crippen molar-refractivity contribution in [3.63, 3.8) is 0 Å². The van der Waals surface area contributed by atoms with Crippen molar-refractivity contribution in [3.05, 3.63) is 18.0 Å². The number of nitrogens with zero attached hydrogens (tertiary/aromatic N) is 2. The molecular formula is C15H26N2O. The monoisotopic (exact) mass is 250 g/mol. The molecule has 0 saturated carbocycles. The summed E-state index contributed by atoms with van der Waals surface area (Å²) in [5.74, 6) is 0.0946. The van der Waals surface area contributed by atoms with Gasteiger partial charge in [0.15, 0.2) is 5.78 Å². The SMILES string of the molecule is CCCCCCCCCCn1cc(C(C)=O)cn1. The van der Waals surface area contributed by atoms with E-state index in [0.29, 0.717) is 0 Å². The number of unbranched alkanes of at least 4 members (excludes halogenated alkanes) is 7. The third-order valence-corrected chi connectivity index (χ3v) is 3.28. The minimum absolute atomic E-state index is 0.0946. The van der Waals surface area contributed by atoms with Crippen LogP contribution in [-0.4, -0.2) is 15.6 Å². The summed E-state index contributed by atoms with van der Waals surface area (Å²) in [6, 6.07) is 0. The van der Waals surface area contributed by atoms with Crippen LogP contribution in [0.2, 0.25) is 0 Å². The molecule has 1 aromatic heterocycles. The van der Waals surface area contributed by atoms with Crippen LogP contribution in [0.4, 0.5) is 0 Å². The number of hydrogen-bond donors (Lipinski definition) is 0. The Labute approximate surface area is 111 Å². The molecule has 3 heteroatoms. The molecule has 0 fully saturated rings. The highest BCUT2D eigenvalue weighted by atomic mass is 16.1. The highest BCUT2D eigenvalue weighted by Crippen LogP contribution is 2.09. The molecule has 0 amide bonds. The fraction of sp³-hybridized carbons (Fsp3) is 0.733. The zero-order valence-corrected chi connectivity index (χ0v) is 11.8. The summed E-state index contributed by atoms with van der Waals surface area (Å²) in [5.41, 5.74) is 0.717. The standard InChI is InChI=1S/C15H26N2O/c1-3-4-5-6-7-8-9-10-11-17-13-15(12-16-17)14(2)18/h12-13H,3-11H2,1-2H3. The molecule has 0 radical (unpaired) electrons. The highest BCUT2D eigenvalue weighted by molar-refractivity contribution is 5.93. The minimum atomic E-state index is 0.0946. The third-order valence-electron chi connectivity index (χ3n) is 3.28. The predicted molar refractivity (Wildman–Crippen MR) is 74.8 cm³/mol. The zero-order chi connectivity index (χ0) is 13.2. The van der Waals surface area contributed by atoms with Crippen molar-refractivity contribution >= 4 is 5.78 Å². The van der Waals surface area contributed by atoms with Gasteiger partial charge in [0.25, 0.3) is 0 Å². The van der Waals surface area contributed by atoms with Gasteiger partial charge >= 0.3 is 0 Å². The quantitative estimate of drug-likeness (QED) is 0.460. The maximum absolute atomic E-state index is 11.1. The molecule has 0 N–H and O–H groups in total. The average Bonchev–Trinajstić information content (AvgIpc) is 2.81. The van der Waals surface area contributed by atoms with Gasteiger partial charge in [-0.1, -0.05) is 51.9 Å². The van der Waals surface area contributed by atoms with Gasteiger partial charge in [-0.05, 0) is 13.3 Å². The van der Waals surface area contributed by atoms with Gasteiger partial charge in [0.2, 0.25) is 0 Å². The summed E-state index contributed by atoms with van der Waals surface area (Å²) in [7, 11) is 0. The Balaban J connectivity index is 2.02. The number of aromatic nitrogens is 2. The molecule has 1 heterocycles. The van der Waals surface area contributed by atoms with Crippen molar-refractivity contribution in [2.75, 3.05) is 0 Å². The molecule has 1 rings (SSSR count). The summed E-state index contributed by atoms with van der Waals surface area (Å²) in [6.45, 7) is 4.76. The number of carbonyl (C=O) groups excluding carboxylic acids is 1. The first-order chi connectivity index (χ1) is 8.74. The van der Waals surface area contributed by atoms with Crippen LogP contribution in [-0.2, 0) is 6.54 Å². The van der Waals surface area contributed by atoms with Gasteiger partial charge in [0.05, 0.1) is 11.8 Å². The van der Waals surface area contributed by atoms with E-state index in [9.17, 15) is 4.79 Å². The normalized spacial score (nSPS) is 10.8. The van der Waals surface area contributed by atoms with E-state index in [2.05, 4.69) is 12.0 Å². The molecule has 0 saturated heterocycles. The second-order valence-electron chi connectivity index (χ2n) is 5.02. The molecule has 102 valence electrons. The molecule has 0 aliphatic rings. The van der Waals surface area contributed by atoms with Crippen molar-refractivity contribution in [2.45, 2.75) is 71.8 Å². The molecule has 0 unspecified atom stereocenters. The summed E-state index contributed by atoms with van der Waals surface area (Å²) in [4.78, 5) is 11.1. The molecular weight excluding hydrogens is 224 g/mol. The van der Waals surface area contributed by atoms with Crippen LogP contribution in [0.3, 0.4) is 0 Å². The molecule has 18 heavy (non-hydrogen) atoms. The number of aryl methyl sites for hydroxylation is 1. The van der Waals surface area contributed by atoms with Crippen molar-refractivity contribution < 1.29 is 4.79 Å². The lowest BCUT2D eigenvalue weighted by Gasteiger charge is -2.02. The van der Waals surface area contributed by atoms with E-state index in [0.717, 1.165) is 18.5 Å². The first-order valence-electron chi connectivity index (χ1n) is 7.27. The second-order valence-corrected chi connectivity index (χ2v) is 5.02. The number of ketones is 1. The summed E-state index contributed by atoms with van der Waals surface area (Å²) >= 11 is 0. The van der Waals surface area contributed by atoms with E-state index in [-0.39, 0.29) is 5.78 Å². The van der Waals surface area contributed by atoms with E-state index in [1.807, 2.05) is 10.9 Å². The Morgan fingerprint density at radius 2 is 1.72 bits per heavy atom. The van der Waals surface area contributed by atoms with Gasteiger partial charge in [0, 0.05) is 12.7 Å². The Bertz CT molecular complexity index is 344. The van der Waals surface area contributed by atoms with Crippen LogP contribution in [0.25, 0.3) is 0 Å². The first kappa shape index (κ1) is 14.9. The van der Waals surface area contributed by atoms with Gasteiger partial charge in [-0.25, -0.2) is 0 Å². The van der Waals surface area contributed by atoms with Crippen molar-refractivity contribution in [2.24, 2.45) is 0 Å². The van der Waals surface area contributed by atoms with Crippen molar-refractivity contribution in [1.29, 1.82) is 0 Å². The van der Waals surface area contributed by atoms with Gasteiger partial charge < -0.3 is 0 Å². The van der Waals surface area contributed by atoms with Crippen LogP contribution in [0.1, 0.15) is 75.6 Å². The third kappa shape index (κ3) is 5.99. The molecule has 0 aliphatic carbocycles. The topological polar surface area (TPSA) is 34.9 Å². The Morgan fingerprint density at radius 1 is 1.11 bits per heavy atom. The van der Waals surface area contributed by atoms with E-state index >= 15 is 0 Å². The van der Waals surface area contributed by atoms with Crippen LogP contribution in [0.5, 0.6) is 0 Å². The summed E-state index contributed by atoms with van der Waals surface area (Å²) in [6.07, 6.45) is 14.1. The largest absolute Gasteiger partial charge is 0.294 e. The molecule has 1 aromatic rings. The zero-order valence-electron chi connectivity index (χ0n) is 11.8. The van der Waals surface area contributed by atoms with E-state index < -0.39 is 0 Å². The van der Waals surface area contributed by atoms with Gasteiger partial charge in [-0.2, -0.15) is 5.10 Å². The van der Waals surface area contributed by atoms with Crippen LogP contribution in [0.15, 0.2) is 12.4 Å². The number of rotatable bonds is 10. The van der Waals surface area contributed by atoms with Crippen molar-refractivity contribution in [3.8, 4) is 0 Å². The van der Waals surface area contributed by atoms with Gasteiger partial charge in [0.1, 0.15) is 0 Å². The fourth-order valence-corrected chi connectivity index (χ4v) is 2.08. The maximum Gasteiger partial charge on any atom is 0.162 e. The lowest BCUT2D eigenvalue weighted by Crippen LogP contribution is -1.98. The number of Topliss-reactive ketones (excluding diaryl/α,β-unsaturated/α-hetero) is 1. The number of carbonyl (C=O) groups is 1. The summed E-state index contributed by atoms with van der Waals surface area (Å²) < 4.78 is 1.88. The van der Waals surface area contributed by atoms with Gasteiger partial charge in [-0.3, -0.25) is 9.48 Å². The van der Waals surface area contributed by atoms with Crippen LogP contribution in [0, 0.1) is 0 Å². The number of hydrogen-bond acceptors (Lipinski definition) is 2. The average molecular weight is 250 g/mol. The lowest BCUT2D eigenvalue weighted by atomic mass is 10.1. The van der Waals surface area contributed by atoms with Gasteiger partial charge in [-0.15, -0.1) is 0 Å². The molecule has 0 aliphatic heterocycles. The minimum Gasteiger partial charge on any atom is -0.294 e. The molecule has 0 spiro atoms. The smallest absolute Gasteiger partial charge is 0.162 e. The highest BCUT2D eigenvalue weighted by Gasteiger charge is 2.02. The van der Waals surface area contributed by atoms with Crippen LogP contribution >= 0.6 is 0 Å². The Kier molecular flexibility index (Phi) is 7.38. The van der Waals surface area contributed by atoms with E-state index in [4.69, 9.17) is 0 Å². The van der Waals surface area contributed by atoms with E-state index in [1.54, 1.807) is 13.1 Å². The molecule has 0 atom stereocenters. The Hall–Kier alpha value is -1.12. The van der Waals surface area contributed by atoms with E-state index in [1.165, 1.54) is 44.9 Å². The molecule has 0 bridgehead atoms. The summed E-state index contributed by atoms with van der Waals surface area (Å²) in [5, 5.41) is 4.19. The predicted octanol–water partition coefficient (Wildman–Crippen LogP) is 4.23. The molecule has 0 aromatic carbocycles. The second kappa shape index (κ2) is 8.90. The Morgan fingerprint density at radius 3 is 2.28 bits per heavy atom. The first-order valence-corrected chi connectivity index (χ1v) is 7.27. The fourth-order valence-electron chi connectivity index (χ4n) is 2.08. The maximum atomic E-state index is 11.1. The molecule has 3 nitrogen and oxygen atoms in total. The lowest BCUT2D eigenvalue weighted by molar-refractivity contribution is 0.101. The van der Waals surface area contributed by atoms with Crippen LogP contribution < -0.4 is 0 Å².